The van der Waals surface area contributed by atoms with E-state index in [1.54, 1.807) is 16.8 Å². The number of benzene rings is 3. The van der Waals surface area contributed by atoms with Crippen LogP contribution in [0.5, 0.6) is 11.5 Å². The molecule has 0 spiro atoms. The van der Waals surface area contributed by atoms with E-state index in [0.29, 0.717) is 37.4 Å². The lowest BCUT2D eigenvalue weighted by atomic mass is 10.1. The van der Waals surface area contributed by atoms with Crippen LogP contribution < -0.4 is 10.3 Å². The van der Waals surface area contributed by atoms with Gasteiger partial charge in [0.05, 0.1) is 17.9 Å². The number of hydrogen-bond acceptors (Lipinski definition) is 3. The van der Waals surface area contributed by atoms with E-state index in [2.05, 4.69) is 0 Å². The Kier molecular flexibility index (Phi) is 5.57. The molecule has 0 bridgehead atoms. The van der Waals surface area contributed by atoms with Gasteiger partial charge in [-0.3, -0.25) is 14.3 Å². The summed E-state index contributed by atoms with van der Waals surface area (Å²) >= 11 is 0. The maximum absolute atomic E-state index is 13.2. The summed E-state index contributed by atoms with van der Waals surface area (Å²) in [6, 6.07) is 26.4. The van der Waals surface area contributed by atoms with Crippen molar-refractivity contribution in [3.8, 4) is 17.2 Å². The summed E-state index contributed by atoms with van der Waals surface area (Å²) in [7, 11) is 0. The van der Waals surface area contributed by atoms with E-state index < -0.39 is 0 Å². The van der Waals surface area contributed by atoms with Crippen LogP contribution in [0, 0.1) is 0 Å². The number of ether oxygens (including phenoxy) is 1. The molecule has 0 aliphatic carbocycles. The average Bonchev–Trinajstić information content (AvgIpc) is 3.16. The number of rotatable bonds is 5. The molecule has 33 heavy (non-hydrogen) atoms. The Labute approximate surface area is 192 Å². The van der Waals surface area contributed by atoms with Crippen molar-refractivity contribution in [2.75, 3.05) is 6.54 Å². The van der Waals surface area contributed by atoms with Crippen LogP contribution in [-0.2, 0) is 19.5 Å². The highest BCUT2D eigenvalue weighted by Gasteiger charge is 2.29. The third kappa shape index (κ3) is 3.96. The van der Waals surface area contributed by atoms with Crippen molar-refractivity contribution < 1.29 is 9.53 Å². The predicted molar refractivity (Wildman–Crippen MR) is 127 cm³/mol. The molecule has 1 amide bonds. The zero-order chi connectivity index (χ0) is 22.8. The summed E-state index contributed by atoms with van der Waals surface area (Å²) in [4.78, 5) is 28.2. The van der Waals surface area contributed by atoms with Crippen LogP contribution in [0.25, 0.3) is 5.69 Å². The first-order valence-corrected chi connectivity index (χ1v) is 11.2. The van der Waals surface area contributed by atoms with Gasteiger partial charge in [-0.05, 0) is 61.9 Å². The number of carbonyl (C=O) groups excluding carboxylic acids is 1. The molecule has 0 N–H and O–H groups in total. The second kappa shape index (κ2) is 8.82. The van der Waals surface area contributed by atoms with Crippen LogP contribution in [0.1, 0.15) is 28.5 Å². The molecule has 0 radical (unpaired) electrons. The minimum Gasteiger partial charge on any atom is -0.457 e. The van der Waals surface area contributed by atoms with Crippen molar-refractivity contribution in [3.05, 3.63) is 112 Å². The van der Waals surface area contributed by atoms with Gasteiger partial charge in [0.1, 0.15) is 11.5 Å². The number of carbonyl (C=O) groups is 1. The van der Waals surface area contributed by atoms with Crippen molar-refractivity contribution in [2.45, 2.75) is 26.4 Å². The molecule has 166 valence electrons. The summed E-state index contributed by atoms with van der Waals surface area (Å²) in [6.07, 6.45) is 0.551. The zero-order valence-electron chi connectivity index (χ0n) is 18.5. The summed E-state index contributed by atoms with van der Waals surface area (Å²) in [5, 5.41) is 0. The molecular weight excluding hydrogens is 414 g/mol. The first kappa shape index (κ1) is 20.8. The van der Waals surface area contributed by atoms with Crippen LogP contribution in [0.15, 0.2) is 89.7 Å². The van der Waals surface area contributed by atoms with Crippen LogP contribution >= 0.6 is 0 Å². The largest absolute Gasteiger partial charge is 0.457 e. The Hall–Kier alpha value is -4.06. The lowest BCUT2D eigenvalue weighted by Crippen LogP contribution is -2.37. The van der Waals surface area contributed by atoms with E-state index >= 15 is 0 Å². The van der Waals surface area contributed by atoms with E-state index in [1.807, 2.05) is 89.3 Å². The van der Waals surface area contributed by atoms with E-state index in [9.17, 15) is 9.59 Å². The highest BCUT2D eigenvalue weighted by atomic mass is 16.5. The van der Waals surface area contributed by atoms with Crippen LogP contribution in [-0.4, -0.2) is 26.7 Å². The van der Waals surface area contributed by atoms with Crippen molar-refractivity contribution in [3.63, 3.8) is 0 Å². The summed E-state index contributed by atoms with van der Waals surface area (Å²) in [5.41, 5.74) is 3.16. The molecule has 0 saturated heterocycles. The standard InChI is InChI=1S/C27H25N3O3/c1-2-29-25-19-28(18-17-24(25)27(32)30(29)21-9-5-3-6-10-21)26(31)20-13-15-23(16-14-20)33-22-11-7-4-8-12-22/h3-16H,2,17-19H2,1H3. The van der Waals surface area contributed by atoms with Gasteiger partial charge >= 0.3 is 0 Å². The van der Waals surface area contributed by atoms with E-state index in [1.165, 1.54) is 0 Å². The number of nitrogens with zero attached hydrogens (tertiary/aromatic N) is 3. The van der Waals surface area contributed by atoms with Gasteiger partial charge in [-0.15, -0.1) is 0 Å². The number of aromatic nitrogens is 2. The zero-order valence-corrected chi connectivity index (χ0v) is 18.5. The second-order valence-electron chi connectivity index (χ2n) is 8.01. The third-order valence-corrected chi connectivity index (χ3v) is 5.99. The fourth-order valence-corrected chi connectivity index (χ4v) is 4.38. The number of fused-ring (bicyclic) bond motifs is 1. The number of amides is 1. The Bertz CT molecular complexity index is 1320. The van der Waals surface area contributed by atoms with Crippen molar-refractivity contribution >= 4 is 5.91 Å². The molecule has 4 aromatic rings. The van der Waals surface area contributed by atoms with Crippen molar-refractivity contribution in [1.82, 2.24) is 14.3 Å². The molecule has 1 aliphatic heterocycles. The van der Waals surface area contributed by atoms with Gasteiger partial charge in [-0.25, -0.2) is 4.68 Å². The highest BCUT2D eigenvalue weighted by Crippen LogP contribution is 2.24. The van der Waals surface area contributed by atoms with Crippen LogP contribution in [0.3, 0.4) is 0 Å². The van der Waals surface area contributed by atoms with Crippen LogP contribution in [0.4, 0.5) is 0 Å². The topological polar surface area (TPSA) is 56.5 Å². The minimum atomic E-state index is -0.0468. The first-order valence-electron chi connectivity index (χ1n) is 11.2. The molecule has 0 fully saturated rings. The predicted octanol–water partition coefficient (Wildman–Crippen LogP) is 4.65. The fourth-order valence-electron chi connectivity index (χ4n) is 4.38. The lowest BCUT2D eigenvalue weighted by Gasteiger charge is -2.28. The normalized spacial score (nSPS) is 12.9. The number of hydrogen-bond donors (Lipinski definition) is 0. The van der Waals surface area contributed by atoms with Gasteiger partial charge in [0.25, 0.3) is 11.5 Å². The van der Waals surface area contributed by atoms with Gasteiger partial charge in [0.15, 0.2) is 0 Å². The molecule has 5 rings (SSSR count). The Balaban J connectivity index is 1.38. The Morgan fingerprint density at radius 3 is 2.18 bits per heavy atom. The second-order valence-corrected chi connectivity index (χ2v) is 8.01. The van der Waals surface area contributed by atoms with Crippen molar-refractivity contribution in [1.29, 1.82) is 0 Å². The fraction of sp³-hybridized carbons (Fsp3) is 0.185. The van der Waals surface area contributed by atoms with E-state index in [0.717, 1.165) is 22.7 Å². The molecule has 6 heteroatoms. The Morgan fingerprint density at radius 2 is 1.52 bits per heavy atom. The molecule has 0 saturated carbocycles. The molecule has 6 nitrogen and oxygen atoms in total. The first-order chi connectivity index (χ1) is 16.2. The van der Waals surface area contributed by atoms with Gasteiger partial charge in [-0.1, -0.05) is 36.4 Å². The Morgan fingerprint density at radius 1 is 0.879 bits per heavy atom. The van der Waals surface area contributed by atoms with Gasteiger partial charge in [0, 0.05) is 24.2 Å². The maximum Gasteiger partial charge on any atom is 0.274 e. The number of para-hydroxylation sites is 2. The minimum absolute atomic E-state index is 0.00700. The average molecular weight is 440 g/mol. The molecule has 1 aliphatic rings. The summed E-state index contributed by atoms with van der Waals surface area (Å²) in [5.74, 6) is 1.38. The molecular formula is C27H25N3O3. The molecule has 0 unspecified atom stereocenters. The van der Waals surface area contributed by atoms with Crippen molar-refractivity contribution in [2.24, 2.45) is 0 Å². The highest BCUT2D eigenvalue weighted by molar-refractivity contribution is 5.94. The maximum atomic E-state index is 13.2. The third-order valence-electron chi connectivity index (χ3n) is 5.99. The molecule has 3 aromatic carbocycles. The smallest absolute Gasteiger partial charge is 0.274 e. The van der Waals surface area contributed by atoms with Gasteiger partial charge in [-0.2, -0.15) is 0 Å². The quantitative estimate of drug-likeness (QED) is 0.455. The SMILES string of the molecule is CCn1c2c(c(=O)n1-c1ccccc1)CCN(C(=O)c1ccc(Oc3ccccc3)cc1)C2. The monoisotopic (exact) mass is 439 g/mol. The van der Waals surface area contributed by atoms with Gasteiger partial charge < -0.3 is 9.64 Å². The van der Waals surface area contributed by atoms with Gasteiger partial charge in [0.2, 0.25) is 0 Å². The molecule has 1 aromatic heterocycles. The summed E-state index contributed by atoms with van der Waals surface area (Å²) < 4.78 is 9.55. The molecule has 0 atom stereocenters. The lowest BCUT2D eigenvalue weighted by molar-refractivity contribution is 0.0729. The van der Waals surface area contributed by atoms with Crippen LogP contribution in [0.2, 0.25) is 0 Å². The van der Waals surface area contributed by atoms with E-state index in [-0.39, 0.29) is 11.5 Å². The van der Waals surface area contributed by atoms with E-state index in [4.69, 9.17) is 4.74 Å². The summed E-state index contributed by atoms with van der Waals surface area (Å²) in [6.45, 7) is 3.60. The molecule has 2 heterocycles.